The lowest BCUT2D eigenvalue weighted by Crippen LogP contribution is -2.16. The van der Waals surface area contributed by atoms with Gasteiger partial charge in [0.25, 0.3) is 0 Å². The summed E-state index contributed by atoms with van der Waals surface area (Å²) in [6.45, 7) is 0. The number of hydrogen-bond donors (Lipinski definition) is 0. The van der Waals surface area contributed by atoms with Crippen molar-refractivity contribution in [2.24, 2.45) is 0 Å². The van der Waals surface area contributed by atoms with E-state index in [2.05, 4.69) is 18.2 Å². The van der Waals surface area contributed by atoms with Crippen molar-refractivity contribution in [1.82, 2.24) is 0 Å². The fraction of sp³-hybridized carbons (Fsp3) is 0.136. The zero-order valence-corrected chi connectivity index (χ0v) is 15.0. The highest BCUT2D eigenvalue weighted by Gasteiger charge is 2.27. The average Bonchev–Trinajstić information content (AvgIpc) is 2.65. The quantitative estimate of drug-likeness (QED) is 0.489. The van der Waals surface area contributed by atoms with Crippen molar-refractivity contribution < 1.29 is 4.79 Å². The minimum absolute atomic E-state index is 0.158. The van der Waals surface area contributed by atoms with Crippen molar-refractivity contribution in [2.45, 2.75) is 18.8 Å². The maximum absolute atomic E-state index is 12.4. The number of carbonyl (C=O) groups is 1. The van der Waals surface area contributed by atoms with Gasteiger partial charge in [0.15, 0.2) is 5.78 Å². The molecule has 1 unspecified atom stereocenters. The van der Waals surface area contributed by atoms with E-state index in [1.54, 1.807) is 0 Å². The third kappa shape index (κ3) is 3.10. The predicted octanol–water partition coefficient (Wildman–Crippen LogP) is 6.77. The normalized spacial score (nSPS) is 16.6. The van der Waals surface area contributed by atoms with E-state index >= 15 is 0 Å². The van der Waals surface area contributed by atoms with Crippen LogP contribution in [0, 0.1) is 0 Å². The first kappa shape index (κ1) is 16.4. The Morgan fingerprint density at radius 3 is 2.36 bits per heavy atom. The van der Waals surface area contributed by atoms with Crippen LogP contribution in [0.25, 0.3) is 11.1 Å². The second-order valence-corrected chi connectivity index (χ2v) is 7.17. The lowest BCUT2D eigenvalue weighted by atomic mass is 9.77. The molecule has 1 aliphatic rings. The predicted molar refractivity (Wildman–Crippen MR) is 104 cm³/mol. The molecule has 3 heteroatoms. The molecule has 25 heavy (non-hydrogen) atoms. The number of halogens is 2. The van der Waals surface area contributed by atoms with E-state index in [-0.39, 0.29) is 11.7 Å². The van der Waals surface area contributed by atoms with Crippen molar-refractivity contribution in [2.75, 3.05) is 0 Å². The van der Waals surface area contributed by atoms with Crippen LogP contribution >= 0.6 is 23.2 Å². The molecule has 0 saturated carbocycles. The van der Waals surface area contributed by atoms with Crippen LogP contribution in [0.4, 0.5) is 0 Å². The van der Waals surface area contributed by atoms with E-state index in [1.165, 1.54) is 0 Å². The highest BCUT2D eigenvalue weighted by Crippen LogP contribution is 2.40. The molecule has 0 N–H and O–H groups in total. The molecule has 0 amide bonds. The summed E-state index contributed by atoms with van der Waals surface area (Å²) in [6, 6.07) is 22.1. The van der Waals surface area contributed by atoms with Crippen molar-refractivity contribution in [3.05, 3.63) is 93.5 Å². The van der Waals surface area contributed by atoms with Gasteiger partial charge < -0.3 is 0 Å². The fourth-order valence-corrected chi connectivity index (χ4v) is 3.86. The average molecular weight is 367 g/mol. The molecule has 0 radical (unpaired) electrons. The number of fused-ring (bicyclic) bond motifs is 1. The van der Waals surface area contributed by atoms with Gasteiger partial charge in [-0.25, -0.2) is 0 Å². The van der Waals surface area contributed by atoms with Gasteiger partial charge in [-0.05, 0) is 46.9 Å². The Bertz CT molecular complexity index is 947. The van der Waals surface area contributed by atoms with Crippen LogP contribution in [0.3, 0.4) is 0 Å². The molecule has 0 spiro atoms. The van der Waals surface area contributed by atoms with Crippen LogP contribution in [0.15, 0.2) is 66.7 Å². The number of rotatable bonds is 2. The summed E-state index contributed by atoms with van der Waals surface area (Å²) >= 11 is 12.3. The maximum atomic E-state index is 12.4. The Morgan fingerprint density at radius 2 is 1.60 bits per heavy atom. The summed E-state index contributed by atoms with van der Waals surface area (Å²) in [7, 11) is 0. The van der Waals surface area contributed by atoms with Gasteiger partial charge >= 0.3 is 0 Å². The topological polar surface area (TPSA) is 17.1 Å². The first-order valence-corrected chi connectivity index (χ1v) is 9.06. The summed E-state index contributed by atoms with van der Waals surface area (Å²) in [5.74, 6) is 0.372. The third-order valence-electron chi connectivity index (χ3n) is 4.84. The summed E-state index contributed by atoms with van der Waals surface area (Å²) in [5, 5.41) is 1.10. The molecule has 3 aromatic carbocycles. The smallest absolute Gasteiger partial charge is 0.163 e. The van der Waals surface area contributed by atoms with Crippen molar-refractivity contribution in [3.63, 3.8) is 0 Å². The van der Waals surface area contributed by atoms with E-state index in [0.717, 1.165) is 34.2 Å². The summed E-state index contributed by atoms with van der Waals surface area (Å²) in [4.78, 5) is 12.4. The van der Waals surface area contributed by atoms with Crippen LogP contribution < -0.4 is 0 Å². The van der Waals surface area contributed by atoms with Gasteiger partial charge in [-0.2, -0.15) is 0 Å². The number of carbonyl (C=O) groups excluding carboxylic acids is 1. The van der Waals surface area contributed by atoms with Crippen LogP contribution in [0.2, 0.25) is 10.0 Å². The summed E-state index contributed by atoms with van der Waals surface area (Å²) in [6.07, 6.45) is 1.35. The molecule has 0 heterocycles. The lowest BCUT2D eigenvalue weighted by molar-refractivity contribution is 0.0969. The van der Waals surface area contributed by atoms with Gasteiger partial charge in [-0.15, -0.1) is 0 Å². The summed E-state index contributed by atoms with van der Waals surface area (Å²) in [5.41, 5.74) is 5.28. The van der Waals surface area contributed by atoms with Gasteiger partial charge in [0.2, 0.25) is 0 Å². The Hall–Kier alpha value is -2.09. The van der Waals surface area contributed by atoms with E-state index < -0.39 is 0 Å². The molecule has 0 fully saturated rings. The zero-order valence-electron chi connectivity index (χ0n) is 13.5. The van der Waals surface area contributed by atoms with Crippen LogP contribution in [0.1, 0.15) is 40.2 Å². The highest BCUT2D eigenvalue weighted by molar-refractivity contribution is 6.42. The van der Waals surface area contributed by atoms with E-state index in [4.69, 9.17) is 23.2 Å². The molecule has 0 aromatic heterocycles. The minimum Gasteiger partial charge on any atom is -0.294 e. The number of hydrogen-bond acceptors (Lipinski definition) is 1. The molecule has 0 bridgehead atoms. The van der Waals surface area contributed by atoms with Crippen molar-refractivity contribution in [1.29, 1.82) is 0 Å². The van der Waals surface area contributed by atoms with Crippen molar-refractivity contribution >= 4 is 29.0 Å². The lowest BCUT2D eigenvalue weighted by Gasteiger charge is -2.26. The molecule has 1 aliphatic carbocycles. The molecule has 124 valence electrons. The monoisotopic (exact) mass is 366 g/mol. The van der Waals surface area contributed by atoms with Crippen LogP contribution in [-0.4, -0.2) is 5.78 Å². The first-order valence-electron chi connectivity index (χ1n) is 8.31. The zero-order chi connectivity index (χ0) is 17.4. The first-order chi connectivity index (χ1) is 12.1. The van der Waals surface area contributed by atoms with Gasteiger partial charge in [0, 0.05) is 17.9 Å². The second kappa shape index (κ2) is 6.67. The van der Waals surface area contributed by atoms with Gasteiger partial charge in [-0.3, -0.25) is 4.79 Å². The third-order valence-corrected chi connectivity index (χ3v) is 5.58. The second-order valence-electron chi connectivity index (χ2n) is 6.36. The Labute approximate surface area is 157 Å². The van der Waals surface area contributed by atoms with Gasteiger partial charge in [0.1, 0.15) is 0 Å². The Kier molecular flexibility index (Phi) is 4.37. The summed E-state index contributed by atoms with van der Waals surface area (Å²) < 4.78 is 0. The molecule has 1 atom stereocenters. The van der Waals surface area contributed by atoms with Crippen molar-refractivity contribution in [3.8, 4) is 11.1 Å². The van der Waals surface area contributed by atoms with E-state index in [9.17, 15) is 4.79 Å². The largest absolute Gasteiger partial charge is 0.294 e. The Morgan fingerprint density at radius 1 is 0.800 bits per heavy atom. The molecular formula is C22H16Cl2O. The Balaban J connectivity index is 1.84. The highest BCUT2D eigenvalue weighted by atomic mass is 35.5. The molecule has 4 rings (SSSR count). The van der Waals surface area contributed by atoms with E-state index in [1.807, 2.05) is 48.5 Å². The van der Waals surface area contributed by atoms with Gasteiger partial charge in [-0.1, -0.05) is 71.7 Å². The minimum atomic E-state index is 0.158. The van der Waals surface area contributed by atoms with Crippen LogP contribution in [-0.2, 0) is 0 Å². The van der Waals surface area contributed by atoms with Crippen LogP contribution in [0.5, 0.6) is 0 Å². The number of Topliss-reactive ketones (excluding diaryl/α,β-unsaturated/α-hetero) is 1. The SMILES string of the molecule is O=C1CCC(c2ccc(Cl)c(Cl)c2)c2cc(-c3ccccc3)ccc21. The molecule has 3 aromatic rings. The molecule has 0 saturated heterocycles. The van der Waals surface area contributed by atoms with E-state index in [0.29, 0.717) is 16.5 Å². The van der Waals surface area contributed by atoms with Gasteiger partial charge in [0.05, 0.1) is 10.0 Å². The number of benzene rings is 3. The number of ketones is 1. The maximum Gasteiger partial charge on any atom is 0.163 e. The molecular weight excluding hydrogens is 351 g/mol. The standard InChI is InChI=1S/C22H16Cl2O/c23-20-10-7-16(13-21(20)24)17-9-11-22(25)18-8-6-15(12-19(17)18)14-4-2-1-3-5-14/h1-8,10,12-13,17H,9,11H2. The molecule has 1 nitrogen and oxygen atoms in total. The fourth-order valence-electron chi connectivity index (χ4n) is 3.56. The molecule has 0 aliphatic heterocycles.